The first kappa shape index (κ1) is 49.0. The van der Waals surface area contributed by atoms with Gasteiger partial charge in [0.25, 0.3) is 0 Å². The van der Waals surface area contributed by atoms with Gasteiger partial charge in [-0.3, -0.25) is 19.2 Å². The average molecular weight is 879 g/mol. The van der Waals surface area contributed by atoms with Gasteiger partial charge in [-0.1, -0.05) is 42.2 Å². The van der Waals surface area contributed by atoms with Gasteiger partial charge in [0.15, 0.2) is 0 Å². The Kier molecular flexibility index (Phi) is 19.4. The van der Waals surface area contributed by atoms with Crippen LogP contribution in [0, 0.1) is 0 Å². The summed E-state index contributed by atoms with van der Waals surface area (Å²) in [5.74, 6) is -4.24. The number of anilines is 3. The lowest BCUT2D eigenvalue weighted by molar-refractivity contribution is -0.144. The molecular formula is C40H42Cl3N3O13. The van der Waals surface area contributed by atoms with Gasteiger partial charge in [-0.25, -0.2) is 14.4 Å². The molecule has 0 radical (unpaired) electrons. The number of benzene rings is 3. The van der Waals surface area contributed by atoms with Crippen molar-refractivity contribution in [3.05, 3.63) is 97.5 Å². The van der Waals surface area contributed by atoms with E-state index in [2.05, 4.69) is 25.4 Å². The van der Waals surface area contributed by atoms with Gasteiger partial charge in [-0.2, -0.15) is 0 Å². The van der Waals surface area contributed by atoms with Crippen molar-refractivity contribution in [3.63, 3.8) is 0 Å². The molecule has 2 aliphatic heterocycles. The molecule has 3 amide bonds. The number of amides is 3. The van der Waals surface area contributed by atoms with E-state index >= 15 is 0 Å². The van der Waals surface area contributed by atoms with Crippen LogP contribution in [0.3, 0.4) is 0 Å². The van der Waals surface area contributed by atoms with Gasteiger partial charge in [0.05, 0.1) is 80.5 Å². The molecule has 5 rings (SSSR count). The van der Waals surface area contributed by atoms with E-state index in [0.29, 0.717) is 37.6 Å². The van der Waals surface area contributed by atoms with Crippen LogP contribution in [0.2, 0.25) is 15.1 Å². The van der Waals surface area contributed by atoms with E-state index in [9.17, 15) is 43.8 Å². The molecule has 0 atom stereocenters. The monoisotopic (exact) mass is 877 g/mol. The fourth-order valence-electron chi connectivity index (χ4n) is 5.10. The lowest BCUT2D eigenvalue weighted by atomic mass is 10.1. The number of carbonyl (C=O) groups excluding carboxylic acids is 7. The third-order valence-electron chi connectivity index (χ3n) is 7.74. The van der Waals surface area contributed by atoms with Crippen molar-refractivity contribution in [2.24, 2.45) is 0 Å². The highest BCUT2D eigenvalue weighted by atomic mass is 35.5. The maximum Gasteiger partial charge on any atom is 0.339 e. The summed E-state index contributed by atoms with van der Waals surface area (Å²) < 4.78 is 18.7. The summed E-state index contributed by atoms with van der Waals surface area (Å²) >= 11 is 17.5. The molecule has 0 bridgehead atoms. The fourth-order valence-corrected chi connectivity index (χ4v) is 5.62. The van der Waals surface area contributed by atoms with Crippen LogP contribution in [0.15, 0.2) is 65.7 Å². The average Bonchev–Trinajstić information content (AvgIpc) is 3.38. The highest BCUT2D eigenvalue weighted by molar-refractivity contribution is 6.32. The Labute approximate surface area is 354 Å². The normalized spacial score (nSPS) is 12.7. The Hall–Kier alpha value is -6.10. The standard InChI is InChI=1S/C14H16ClNO5.C13H12ClNO4.C12H10ClNO4.CH4/c1-3-21-13(18)7-6-12(17)16-11-8-9(15)4-5-10(11)14(19)20-2;1-2-19-13(18)9-6-11(16)15-10-5-7(14)3-4-8(10)12(9)17;1-18-12(17)8-5-10(15)14-9-4-6(13)2-3-7(9)11(8)16;/h4-5,8H,3,6-7H2,1-2H3,(H,16,17);3-5,17H,2,6H2,1H3,(H,15,16);2-4,16H,5H2,1H3,(H,14,15);1H4. The minimum atomic E-state index is -0.731. The van der Waals surface area contributed by atoms with Crippen LogP contribution in [0.5, 0.6) is 0 Å². The smallest absolute Gasteiger partial charge is 0.339 e. The van der Waals surface area contributed by atoms with Gasteiger partial charge in [0.1, 0.15) is 11.5 Å². The van der Waals surface area contributed by atoms with E-state index in [0.717, 1.165) is 0 Å². The molecule has 19 heteroatoms. The molecule has 3 aromatic rings. The molecule has 59 heavy (non-hydrogen) atoms. The van der Waals surface area contributed by atoms with Crippen molar-refractivity contribution < 1.29 is 62.7 Å². The van der Waals surface area contributed by atoms with Crippen LogP contribution in [0.4, 0.5) is 17.1 Å². The molecule has 0 spiro atoms. The first-order chi connectivity index (χ1) is 27.5. The van der Waals surface area contributed by atoms with E-state index in [1.165, 1.54) is 56.7 Å². The number of aliphatic hydroxyl groups is 2. The minimum absolute atomic E-state index is 0. The SMILES string of the molecule is C.CCOC(=O)C1=C(O)c2ccc(Cl)cc2NC(=O)C1.CCOC(=O)CCC(=O)Nc1cc(Cl)ccc1C(=O)OC.COC(=O)C1=C(O)c2ccc(Cl)cc2NC(=O)C1. The van der Waals surface area contributed by atoms with Crippen molar-refractivity contribution in [2.75, 3.05) is 43.4 Å². The Bertz CT molecular complexity index is 2170. The molecule has 0 unspecified atom stereocenters. The van der Waals surface area contributed by atoms with Crippen molar-refractivity contribution >= 4 is 105 Å². The number of esters is 4. The van der Waals surface area contributed by atoms with Crippen LogP contribution < -0.4 is 16.0 Å². The second-order valence-corrected chi connectivity index (χ2v) is 13.0. The molecule has 5 N–H and O–H groups in total. The summed E-state index contributed by atoms with van der Waals surface area (Å²) in [4.78, 5) is 81.1. The fraction of sp³-hybridized carbons (Fsp3) is 0.275. The zero-order valence-electron chi connectivity index (χ0n) is 31.5. The molecule has 0 fully saturated rings. The van der Waals surface area contributed by atoms with Gasteiger partial charge >= 0.3 is 23.9 Å². The number of halogens is 3. The molecule has 316 valence electrons. The number of carbonyl (C=O) groups is 7. The van der Waals surface area contributed by atoms with Crippen LogP contribution in [-0.4, -0.2) is 79.2 Å². The van der Waals surface area contributed by atoms with Gasteiger partial charge in [0, 0.05) is 32.6 Å². The van der Waals surface area contributed by atoms with Crippen LogP contribution in [0.1, 0.15) is 68.4 Å². The van der Waals surface area contributed by atoms with E-state index in [1.54, 1.807) is 26.0 Å². The van der Waals surface area contributed by atoms with E-state index in [1.807, 2.05) is 0 Å². The molecule has 16 nitrogen and oxygen atoms in total. The second kappa shape index (κ2) is 23.3. The molecule has 3 aromatic carbocycles. The molecular weight excluding hydrogens is 837 g/mol. The zero-order valence-corrected chi connectivity index (χ0v) is 33.7. The number of ether oxygens (including phenoxy) is 4. The Balaban J connectivity index is 0.000000303. The van der Waals surface area contributed by atoms with Crippen LogP contribution in [-0.2, 0) is 47.7 Å². The third-order valence-corrected chi connectivity index (χ3v) is 8.45. The summed E-state index contributed by atoms with van der Waals surface area (Å²) in [6.45, 7) is 3.78. The van der Waals surface area contributed by atoms with E-state index in [-0.39, 0.29) is 80.2 Å². The zero-order chi connectivity index (χ0) is 43.1. The minimum Gasteiger partial charge on any atom is -0.507 e. The largest absolute Gasteiger partial charge is 0.507 e. The van der Waals surface area contributed by atoms with Gasteiger partial charge < -0.3 is 45.1 Å². The Morgan fingerprint density at radius 2 is 1.12 bits per heavy atom. The lowest BCUT2D eigenvalue weighted by Gasteiger charge is -2.10. The third kappa shape index (κ3) is 14.1. The Morgan fingerprint density at radius 1 is 0.661 bits per heavy atom. The molecule has 0 aromatic heterocycles. The van der Waals surface area contributed by atoms with Crippen molar-refractivity contribution in [2.45, 2.75) is 47.0 Å². The number of fused-ring (bicyclic) bond motifs is 2. The summed E-state index contributed by atoms with van der Waals surface area (Å²) in [7, 11) is 2.43. The summed E-state index contributed by atoms with van der Waals surface area (Å²) in [5, 5.41) is 29.1. The summed E-state index contributed by atoms with van der Waals surface area (Å²) in [5.41, 5.74) is 1.72. The predicted octanol–water partition coefficient (Wildman–Crippen LogP) is 7.68. The lowest BCUT2D eigenvalue weighted by Crippen LogP contribution is -2.17. The van der Waals surface area contributed by atoms with Gasteiger partial charge in [0.2, 0.25) is 17.7 Å². The summed E-state index contributed by atoms with van der Waals surface area (Å²) in [6.07, 6.45) is -0.568. The highest BCUT2D eigenvalue weighted by Crippen LogP contribution is 2.33. The maximum atomic E-state index is 11.8. The van der Waals surface area contributed by atoms with Gasteiger partial charge in [-0.05, 0) is 68.4 Å². The van der Waals surface area contributed by atoms with Crippen molar-refractivity contribution in [1.82, 2.24) is 0 Å². The number of methoxy groups -OCH3 is 2. The number of hydrogen-bond acceptors (Lipinski definition) is 13. The quantitative estimate of drug-likeness (QED) is 0.103. The van der Waals surface area contributed by atoms with E-state index < -0.39 is 41.6 Å². The number of nitrogens with one attached hydrogen (secondary N) is 3. The maximum absolute atomic E-state index is 11.8. The molecule has 0 saturated heterocycles. The number of hydrogen-bond donors (Lipinski definition) is 5. The number of rotatable bonds is 9. The van der Waals surface area contributed by atoms with Crippen molar-refractivity contribution in [1.29, 1.82) is 0 Å². The molecule has 0 aliphatic carbocycles. The Morgan fingerprint density at radius 3 is 1.59 bits per heavy atom. The predicted molar refractivity (Wildman–Crippen MR) is 221 cm³/mol. The molecule has 0 saturated carbocycles. The molecule has 2 aliphatic rings. The topological polar surface area (TPSA) is 233 Å². The van der Waals surface area contributed by atoms with Crippen LogP contribution >= 0.6 is 34.8 Å². The number of aliphatic hydroxyl groups excluding tert-OH is 2. The second-order valence-electron chi connectivity index (χ2n) is 11.7. The highest BCUT2D eigenvalue weighted by Gasteiger charge is 2.28. The van der Waals surface area contributed by atoms with Gasteiger partial charge in [-0.15, -0.1) is 0 Å². The first-order valence-corrected chi connectivity index (χ1v) is 18.3. The first-order valence-electron chi connectivity index (χ1n) is 17.2. The summed E-state index contributed by atoms with van der Waals surface area (Å²) in [6, 6.07) is 13.6. The van der Waals surface area contributed by atoms with Crippen LogP contribution in [0.25, 0.3) is 11.5 Å². The molecule has 2 heterocycles. The van der Waals surface area contributed by atoms with E-state index in [4.69, 9.17) is 44.3 Å². The van der Waals surface area contributed by atoms with Crippen molar-refractivity contribution in [3.8, 4) is 0 Å².